The predicted octanol–water partition coefficient (Wildman–Crippen LogP) is 15.0. The van der Waals surface area contributed by atoms with E-state index in [1.165, 1.54) is 49.5 Å². The van der Waals surface area contributed by atoms with Crippen molar-refractivity contribution in [2.75, 3.05) is 4.90 Å². The third kappa shape index (κ3) is 4.95. The molecular weight excluding hydrogens is 667 g/mol. The van der Waals surface area contributed by atoms with Crippen LogP contribution in [-0.2, 0) is 5.41 Å². The van der Waals surface area contributed by atoms with Gasteiger partial charge < -0.3 is 9.32 Å². The highest BCUT2D eigenvalue weighted by molar-refractivity contribution is 6.17. The second-order valence-electron chi connectivity index (χ2n) is 15.3. The van der Waals surface area contributed by atoms with Crippen LogP contribution in [0.25, 0.3) is 76.9 Å². The summed E-state index contributed by atoms with van der Waals surface area (Å²) in [7, 11) is 0. The van der Waals surface area contributed by atoms with E-state index in [1.54, 1.807) is 0 Å². The second kappa shape index (κ2) is 12.1. The van der Waals surface area contributed by atoms with Crippen molar-refractivity contribution in [1.29, 1.82) is 0 Å². The number of nitrogens with zero attached hydrogens (tertiary/aromatic N) is 1. The van der Waals surface area contributed by atoms with E-state index in [9.17, 15) is 0 Å². The first kappa shape index (κ1) is 31.6. The van der Waals surface area contributed by atoms with Crippen molar-refractivity contribution >= 4 is 60.5 Å². The molecule has 0 N–H and O–H groups in total. The summed E-state index contributed by atoms with van der Waals surface area (Å²) < 4.78 is 6.79. The average Bonchev–Trinajstić information content (AvgIpc) is 3.73. The molecule has 9 aromatic carbocycles. The maximum atomic E-state index is 6.79. The number of fused-ring (bicyclic) bond motifs is 9. The molecule has 0 saturated carbocycles. The van der Waals surface area contributed by atoms with E-state index < -0.39 is 0 Å². The fourth-order valence-corrected chi connectivity index (χ4v) is 9.02. The highest BCUT2D eigenvalue weighted by Crippen LogP contribution is 2.51. The lowest BCUT2D eigenvalue weighted by Gasteiger charge is -2.28. The Kier molecular flexibility index (Phi) is 6.93. The SMILES string of the molecule is CC1(C)c2ccccc2-c2ccc(N(c3ccc(-c4ccc5ccccc5c4)cc3)c3cccc(-c4cccc5c4oc4c6ccccc6ccc54)c3)cc21. The van der Waals surface area contributed by atoms with E-state index >= 15 is 0 Å². The number of para-hydroxylation sites is 1. The van der Waals surface area contributed by atoms with Gasteiger partial charge in [0.1, 0.15) is 11.2 Å². The van der Waals surface area contributed by atoms with Gasteiger partial charge in [-0.1, -0.05) is 153 Å². The molecule has 1 heterocycles. The van der Waals surface area contributed by atoms with Crippen molar-refractivity contribution in [3.63, 3.8) is 0 Å². The first-order valence-corrected chi connectivity index (χ1v) is 19.1. The Hall–Kier alpha value is -6.90. The molecule has 11 rings (SSSR count). The van der Waals surface area contributed by atoms with Crippen LogP contribution in [0.15, 0.2) is 192 Å². The molecule has 1 aliphatic carbocycles. The first-order valence-electron chi connectivity index (χ1n) is 19.1. The molecule has 55 heavy (non-hydrogen) atoms. The van der Waals surface area contributed by atoms with E-state index in [0.717, 1.165) is 55.5 Å². The molecule has 0 atom stereocenters. The Bertz CT molecular complexity index is 3130. The van der Waals surface area contributed by atoms with Crippen molar-refractivity contribution in [2.24, 2.45) is 0 Å². The van der Waals surface area contributed by atoms with Crippen LogP contribution in [0.5, 0.6) is 0 Å². The van der Waals surface area contributed by atoms with E-state index in [4.69, 9.17) is 4.42 Å². The lowest BCUT2D eigenvalue weighted by molar-refractivity contribution is 0.660. The zero-order valence-corrected chi connectivity index (χ0v) is 30.8. The van der Waals surface area contributed by atoms with Crippen LogP contribution in [0.2, 0.25) is 0 Å². The van der Waals surface area contributed by atoms with Crippen molar-refractivity contribution in [3.8, 4) is 33.4 Å². The van der Waals surface area contributed by atoms with Gasteiger partial charge >= 0.3 is 0 Å². The highest BCUT2D eigenvalue weighted by Gasteiger charge is 2.35. The standard InChI is InChI=1S/C53H37NO/c1-53(2)49-20-8-7-17-45(49)46-30-28-42(33-50(46)53)54(40-26-23-35(24-27-40)38-22-21-34-11-3-4-13-37(34)31-38)41-15-9-14-39(32-41)44-18-10-19-47-48-29-25-36-12-5-6-16-43(36)51(48)55-52(44)47/h3-33H,1-2H3. The summed E-state index contributed by atoms with van der Waals surface area (Å²) in [5, 5.41) is 7.09. The lowest BCUT2D eigenvalue weighted by atomic mass is 9.82. The molecule has 260 valence electrons. The summed E-state index contributed by atoms with van der Waals surface area (Å²) in [6.07, 6.45) is 0. The normalized spacial score (nSPS) is 13.1. The molecule has 0 radical (unpaired) electrons. The molecular formula is C53H37NO. The van der Waals surface area contributed by atoms with Gasteiger partial charge in [-0.2, -0.15) is 0 Å². The molecule has 0 aliphatic heterocycles. The third-order valence-electron chi connectivity index (χ3n) is 11.8. The maximum absolute atomic E-state index is 6.79. The topological polar surface area (TPSA) is 16.4 Å². The van der Waals surface area contributed by atoms with Crippen LogP contribution in [0.3, 0.4) is 0 Å². The number of benzene rings is 9. The van der Waals surface area contributed by atoms with Crippen LogP contribution < -0.4 is 4.90 Å². The first-order chi connectivity index (χ1) is 27.0. The van der Waals surface area contributed by atoms with Gasteiger partial charge in [-0.25, -0.2) is 0 Å². The quantitative estimate of drug-likeness (QED) is 0.177. The Balaban J connectivity index is 1.07. The molecule has 1 aliphatic rings. The van der Waals surface area contributed by atoms with Crippen molar-refractivity contribution in [1.82, 2.24) is 0 Å². The van der Waals surface area contributed by atoms with Crippen molar-refractivity contribution < 1.29 is 4.42 Å². The van der Waals surface area contributed by atoms with Gasteiger partial charge in [0.2, 0.25) is 0 Å². The van der Waals surface area contributed by atoms with Gasteiger partial charge in [0, 0.05) is 44.2 Å². The molecule has 0 amide bonds. The van der Waals surface area contributed by atoms with E-state index in [-0.39, 0.29) is 5.41 Å². The van der Waals surface area contributed by atoms with Gasteiger partial charge in [0.05, 0.1) is 0 Å². The molecule has 1 aromatic heterocycles. The fourth-order valence-electron chi connectivity index (χ4n) is 9.02. The van der Waals surface area contributed by atoms with Crippen LogP contribution >= 0.6 is 0 Å². The molecule has 0 saturated heterocycles. The molecule has 0 fully saturated rings. The number of hydrogen-bond acceptors (Lipinski definition) is 2. The van der Waals surface area contributed by atoms with Crippen LogP contribution in [0.1, 0.15) is 25.0 Å². The summed E-state index contributed by atoms with van der Waals surface area (Å²) in [6, 6.07) is 68.4. The second-order valence-corrected chi connectivity index (χ2v) is 15.3. The van der Waals surface area contributed by atoms with Gasteiger partial charge in [0.25, 0.3) is 0 Å². The van der Waals surface area contributed by atoms with Gasteiger partial charge in [0.15, 0.2) is 0 Å². The smallest absolute Gasteiger partial charge is 0.143 e. The Morgan fingerprint density at radius 3 is 1.89 bits per heavy atom. The van der Waals surface area contributed by atoms with Gasteiger partial charge in [-0.05, 0) is 104 Å². The largest absolute Gasteiger partial charge is 0.455 e. The monoisotopic (exact) mass is 703 g/mol. The minimum absolute atomic E-state index is 0.115. The minimum Gasteiger partial charge on any atom is -0.455 e. The summed E-state index contributed by atoms with van der Waals surface area (Å²) >= 11 is 0. The zero-order valence-electron chi connectivity index (χ0n) is 30.8. The summed E-state index contributed by atoms with van der Waals surface area (Å²) in [6.45, 7) is 4.70. The van der Waals surface area contributed by atoms with Gasteiger partial charge in [-0.15, -0.1) is 0 Å². The molecule has 0 unspecified atom stereocenters. The Morgan fingerprint density at radius 2 is 1.00 bits per heavy atom. The maximum Gasteiger partial charge on any atom is 0.143 e. The van der Waals surface area contributed by atoms with Crippen LogP contribution in [0, 0.1) is 0 Å². The van der Waals surface area contributed by atoms with Gasteiger partial charge in [-0.3, -0.25) is 0 Å². The van der Waals surface area contributed by atoms with Crippen LogP contribution in [0.4, 0.5) is 17.1 Å². The number of rotatable bonds is 5. The molecule has 2 nitrogen and oxygen atoms in total. The highest BCUT2D eigenvalue weighted by atomic mass is 16.3. The molecule has 2 heteroatoms. The van der Waals surface area contributed by atoms with Crippen molar-refractivity contribution in [2.45, 2.75) is 19.3 Å². The third-order valence-corrected chi connectivity index (χ3v) is 11.8. The van der Waals surface area contributed by atoms with Crippen LogP contribution in [-0.4, -0.2) is 0 Å². The van der Waals surface area contributed by atoms with Crippen molar-refractivity contribution in [3.05, 3.63) is 199 Å². The Morgan fingerprint density at radius 1 is 0.364 bits per heavy atom. The summed E-state index contributed by atoms with van der Waals surface area (Å²) in [4.78, 5) is 2.40. The average molecular weight is 704 g/mol. The minimum atomic E-state index is -0.115. The molecule has 10 aromatic rings. The zero-order chi connectivity index (χ0) is 36.7. The Labute approximate surface area is 320 Å². The molecule has 0 spiro atoms. The fraction of sp³-hybridized carbons (Fsp3) is 0.0566. The number of hydrogen-bond donors (Lipinski definition) is 0. The summed E-state index contributed by atoms with van der Waals surface area (Å²) in [5.41, 5.74) is 15.0. The number of anilines is 3. The van der Waals surface area contributed by atoms with E-state index in [2.05, 4.69) is 207 Å². The van der Waals surface area contributed by atoms with E-state index in [0.29, 0.717) is 0 Å². The number of furan rings is 1. The summed E-state index contributed by atoms with van der Waals surface area (Å²) in [5.74, 6) is 0. The lowest BCUT2D eigenvalue weighted by Crippen LogP contribution is -2.16. The predicted molar refractivity (Wildman–Crippen MR) is 232 cm³/mol. The molecule has 0 bridgehead atoms. The van der Waals surface area contributed by atoms with E-state index in [1.807, 2.05) is 0 Å².